The van der Waals surface area contributed by atoms with Crippen molar-refractivity contribution in [2.24, 2.45) is 0 Å². The number of rotatable bonds is 4. The number of carbonyl (C=O) groups excluding carboxylic acids is 1. The van der Waals surface area contributed by atoms with E-state index in [0.717, 1.165) is 6.07 Å². The van der Waals surface area contributed by atoms with Gasteiger partial charge in [-0.05, 0) is 65.4 Å². The van der Waals surface area contributed by atoms with Gasteiger partial charge < -0.3 is 10.1 Å². The maximum Gasteiger partial charge on any atom is 0.418 e. The highest BCUT2D eigenvalue weighted by molar-refractivity contribution is 9.10. The van der Waals surface area contributed by atoms with Crippen LogP contribution in [0.3, 0.4) is 0 Å². The molecule has 2 rings (SSSR count). The minimum absolute atomic E-state index is 0.238. The molecule has 0 spiro atoms. The molecule has 0 aliphatic heterocycles. The molecule has 4 nitrogen and oxygen atoms in total. The molecule has 0 heterocycles. The lowest BCUT2D eigenvalue weighted by atomic mass is 10.1. The molecule has 1 amide bonds. The number of anilines is 1. The van der Waals surface area contributed by atoms with Gasteiger partial charge in [0.15, 0.2) is 5.11 Å². The molecule has 0 saturated heterocycles. The van der Waals surface area contributed by atoms with Crippen LogP contribution in [0.1, 0.15) is 22.8 Å². The average Bonchev–Trinajstić information content (AvgIpc) is 2.56. The molecule has 138 valence electrons. The van der Waals surface area contributed by atoms with Crippen LogP contribution in [0.2, 0.25) is 0 Å². The number of para-hydroxylation sites is 1. The van der Waals surface area contributed by atoms with E-state index >= 15 is 0 Å². The lowest BCUT2D eigenvalue weighted by Crippen LogP contribution is -2.34. The van der Waals surface area contributed by atoms with Gasteiger partial charge in [0.05, 0.1) is 22.3 Å². The zero-order valence-electron chi connectivity index (χ0n) is 13.5. The van der Waals surface area contributed by atoms with Gasteiger partial charge in [-0.25, -0.2) is 0 Å². The third-order valence-corrected chi connectivity index (χ3v) is 4.03. The Kier molecular flexibility index (Phi) is 6.60. The van der Waals surface area contributed by atoms with Gasteiger partial charge >= 0.3 is 6.18 Å². The van der Waals surface area contributed by atoms with E-state index in [1.165, 1.54) is 30.3 Å². The van der Waals surface area contributed by atoms with E-state index in [0.29, 0.717) is 16.8 Å². The summed E-state index contributed by atoms with van der Waals surface area (Å²) in [7, 11) is 0. The minimum atomic E-state index is -4.54. The van der Waals surface area contributed by atoms with E-state index < -0.39 is 17.6 Å². The molecule has 9 heteroatoms. The van der Waals surface area contributed by atoms with E-state index in [1.807, 2.05) is 6.92 Å². The van der Waals surface area contributed by atoms with E-state index in [4.69, 9.17) is 17.0 Å². The molecule has 0 aliphatic carbocycles. The number of hydrogen-bond donors (Lipinski definition) is 2. The van der Waals surface area contributed by atoms with Crippen LogP contribution in [-0.4, -0.2) is 17.6 Å². The number of ether oxygens (including phenoxy) is 1. The zero-order chi connectivity index (χ0) is 19.3. The fourth-order valence-corrected chi connectivity index (χ4v) is 2.78. The van der Waals surface area contributed by atoms with Gasteiger partial charge in [-0.1, -0.05) is 12.1 Å². The first-order valence-corrected chi connectivity index (χ1v) is 8.63. The summed E-state index contributed by atoms with van der Waals surface area (Å²) in [6.07, 6.45) is -4.54. The molecule has 2 N–H and O–H groups in total. The number of hydrogen-bond acceptors (Lipinski definition) is 3. The van der Waals surface area contributed by atoms with Crippen LogP contribution in [0.25, 0.3) is 0 Å². The fourth-order valence-electron chi connectivity index (χ4n) is 2.08. The molecule has 0 aromatic heterocycles. The molecule has 0 unspecified atom stereocenters. The molecule has 0 saturated carbocycles. The molecule has 26 heavy (non-hydrogen) atoms. The summed E-state index contributed by atoms with van der Waals surface area (Å²) in [6, 6.07) is 9.53. The first-order valence-electron chi connectivity index (χ1n) is 7.43. The predicted molar refractivity (Wildman–Crippen MR) is 100 cm³/mol. The molecular weight excluding hydrogens is 433 g/mol. The molecular formula is C17H14BrF3N2O2S. The third kappa shape index (κ3) is 5.18. The quantitative estimate of drug-likeness (QED) is 0.649. The summed E-state index contributed by atoms with van der Waals surface area (Å²) < 4.78 is 44.9. The van der Waals surface area contributed by atoms with E-state index in [-0.39, 0.29) is 16.4 Å². The third-order valence-electron chi connectivity index (χ3n) is 3.20. The van der Waals surface area contributed by atoms with Gasteiger partial charge in [0.2, 0.25) is 0 Å². The van der Waals surface area contributed by atoms with Crippen LogP contribution in [0, 0.1) is 0 Å². The largest absolute Gasteiger partial charge is 0.493 e. The normalized spacial score (nSPS) is 11.0. The van der Waals surface area contributed by atoms with Gasteiger partial charge in [-0.2, -0.15) is 13.2 Å². The first kappa shape index (κ1) is 20.2. The van der Waals surface area contributed by atoms with Gasteiger partial charge in [-0.15, -0.1) is 0 Å². The van der Waals surface area contributed by atoms with Crippen molar-refractivity contribution in [1.29, 1.82) is 0 Å². The predicted octanol–water partition coefficient (Wildman–Crippen LogP) is 4.99. The Balaban J connectivity index is 2.09. The SMILES string of the molecule is CCOc1ccc(C(=O)NC(=S)Nc2ccccc2C(F)(F)F)cc1Br. The monoisotopic (exact) mass is 446 g/mol. The highest BCUT2D eigenvalue weighted by Crippen LogP contribution is 2.34. The van der Waals surface area contributed by atoms with Gasteiger partial charge in [-0.3, -0.25) is 10.1 Å². The lowest BCUT2D eigenvalue weighted by molar-refractivity contribution is -0.136. The Hall–Kier alpha value is -2.13. The first-order chi connectivity index (χ1) is 12.2. The van der Waals surface area contributed by atoms with Crippen molar-refractivity contribution < 1.29 is 22.7 Å². The highest BCUT2D eigenvalue weighted by Gasteiger charge is 2.33. The lowest BCUT2D eigenvalue weighted by Gasteiger charge is -2.15. The number of amides is 1. The Morgan fingerprint density at radius 3 is 2.54 bits per heavy atom. The number of thiocarbonyl (C=S) groups is 1. The number of nitrogens with one attached hydrogen (secondary N) is 2. The highest BCUT2D eigenvalue weighted by atomic mass is 79.9. The van der Waals surface area contributed by atoms with E-state index in [9.17, 15) is 18.0 Å². The fraction of sp³-hybridized carbons (Fsp3) is 0.176. The topological polar surface area (TPSA) is 50.4 Å². The second-order valence-electron chi connectivity index (χ2n) is 5.03. The Bertz CT molecular complexity index is 828. The number of halogens is 4. The van der Waals surface area contributed by atoms with Gasteiger partial charge in [0.1, 0.15) is 5.75 Å². The van der Waals surface area contributed by atoms with Crippen molar-refractivity contribution in [3.63, 3.8) is 0 Å². The summed E-state index contributed by atoms with van der Waals surface area (Å²) >= 11 is 8.24. The van der Waals surface area contributed by atoms with Crippen molar-refractivity contribution in [1.82, 2.24) is 5.32 Å². The summed E-state index contributed by atoms with van der Waals surface area (Å²) in [6.45, 7) is 2.30. The molecule has 2 aromatic rings. The molecule has 0 fully saturated rings. The zero-order valence-corrected chi connectivity index (χ0v) is 15.9. The summed E-state index contributed by atoms with van der Waals surface area (Å²) in [5.41, 5.74) is -0.841. The molecule has 0 radical (unpaired) electrons. The van der Waals surface area contributed by atoms with Crippen LogP contribution in [0.4, 0.5) is 18.9 Å². The smallest absolute Gasteiger partial charge is 0.418 e. The van der Waals surface area contributed by atoms with Crippen molar-refractivity contribution in [3.05, 3.63) is 58.1 Å². The molecule has 2 aromatic carbocycles. The molecule has 0 bridgehead atoms. The maximum absolute atomic E-state index is 13.0. The van der Waals surface area contributed by atoms with Crippen molar-refractivity contribution >= 4 is 44.9 Å². The van der Waals surface area contributed by atoms with Crippen molar-refractivity contribution in [2.45, 2.75) is 13.1 Å². The number of carbonyl (C=O) groups is 1. The Morgan fingerprint density at radius 2 is 1.92 bits per heavy atom. The van der Waals surface area contributed by atoms with Crippen LogP contribution < -0.4 is 15.4 Å². The average molecular weight is 447 g/mol. The van der Waals surface area contributed by atoms with Crippen molar-refractivity contribution in [3.8, 4) is 5.75 Å². The Morgan fingerprint density at radius 1 is 1.23 bits per heavy atom. The van der Waals surface area contributed by atoms with Crippen LogP contribution >= 0.6 is 28.1 Å². The van der Waals surface area contributed by atoms with Crippen LogP contribution in [0.5, 0.6) is 5.75 Å². The summed E-state index contributed by atoms with van der Waals surface area (Å²) in [5, 5.41) is 4.52. The standard InChI is InChI=1S/C17H14BrF3N2O2S/c1-2-25-14-8-7-10(9-12(14)18)15(24)23-16(26)22-13-6-4-3-5-11(13)17(19,20)21/h3-9H,2H2,1H3,(H2,22,23,24,26). The second-order valence-corrected chi connectivity index (χ2v) is 6.29. The molecule has 0 atom stereocenters. The van der Waals surface area contributed by atoms with Gasteiger partial charge in [0.25, 0.3) is 5.91 Å². The number of benzene rings is 2. The number of alkyl halides is 3. The van der Waals surface area contributed by atoms with E-state index in [1.54, 1.807) is 6.07 Å². The van der Waals surface area contributed by atoms with E-state index in [2.05, 4.69) is 26.6 Å². The molecule has 0 aliphatic rings. The summed E-state index contributed by atoms with van der Waals surface area (Å²) in [5.74, 6) is 0.0135. The van der Waals surface area contributed by atoms with Crippen LogP contribution in [0.15, 0.2) is 46.9 Å². The minimum Gasteiger partial charge on any atom is -0.493 e. The van der Waals surface area contributed by atoms with Gasteiger partial charge in [0, 0.05) is 5.56 Å². The second kappa shape index (κ2) is 8.50. The van der Waals surface area contributed by atoms with Crippen LogP contribution in [-0.2, 0) is 6.18 Å². The Labute approximate surface area is 161 Å². The summed E-state index contributed by atoms with van der Waals surface area (Å²) in [4.78, 5) is 12.2. The maximum atomic E-state index is 13.0. The van der Waals surface area contributed by atoms with Crippen molar-refractivity contribution in [2.75, 3.05) is 11.9 Å².